The molecule has 2 rings (SSSR count). The molecule has 112 valence electrons. The highest BCUT2D eigenvalue weighted by Crippen LogP contribution is 2.22. The zero-order chi connectivity index (χ0) is 15.5. The molecule has 1 N–H and O–H groups in total. The van der Waals surface area contributed by atoms with Crippen molar-refractivity contribution in [3.8, 4) is 0 Å². The number of rotatable bonds is 5. The second-order valence-electron chi connectivity index (χ2n) is 4.50. The van der Waals surface area contributed by atoms with Gasteiger partial charge in [0.25, 0.3) is 10.0 Å². The number of hydrogen-bond donors (Lipinski definition) is 1. The van der Waals surface area contributed by atoms with Gasteiger partial charge in [0.15, 0.2) is 5.03 Å². The van der Waals surface area contributed by atoms with Crippen LogP contribution in [0.5, 0.6) is 0 Å². The maximum absolute atomic E-state index is 12.6. The van der Waals surface area contributed by atoms with Gasteiger partial charge in [0.2, 0.25) is 0 Å². The molecule has 21 heavy (non-hydrogen) atoms. The Morgan fingerprint density at radius 1 is 1.29 bits per heavy atom. The first kappa shape index (κ1) is 15.8. The molecule has 1 aromatic heterocycles. The Hall–Kier alpha value is -1.63. The Morgan fingerprint density at radius 2 is 2.05 bits per heavy atom. The van der Waals surface area contributed by atoms with Crippen LogP contribution in [0, 0.1) is 0 Å². The number of aromatic nitrogens is 1. The average molecular weight is 326 g/mol. The molecule has 0 fully saturated rings. The quantitative estimate of drug-likeness (QED) is 0.918. The van der Waals surface area contributed by atoms with E-state index in [9.17, 15) is 8.42 Å². The minimum Gasteiger partial charge on any atom is -0.386 e. The number of hydrogen-bond acceptors (Lipinski definition) is 4. The summed E-state index contributed by atoms with van der Waals surface area (Å²) in [6.07, 6.45) is 1.46. The fourth-order valence-corrected chi connectivity index (χ4v) is 3.38. The Bertz CT molecular complexity index is 735. The highest BCUT2D eigenvalue weighted by atomic mass is 35.5. The molecule has 2 aromatic rings. The monoisotopic (exact) mass is 325 g/mol. The van der Waals surface area contributed by atoms with Crippen molar-refractivity contribution >= 4 is 27.3 Å². The van der Waals surface area contributed by atoms with Crippen LogP contribution in [0.3, 0.4) is 0 Å². The van der Waals surface area contributed by atoms with Crippen molar-refractivity contribution in [2.24, 2.45) is 0 Å². The first-order valence-electron chi connectivity index (χ1n) is 6.28. The number of halogens is 1. The summed E-state index contributed by atoms with van der Waals surface area (Å²) in [5, 5.41) is 3.43. The number of nitrogens with one attached hydrogen (secondary N) is 1. The summed E-state index contributed by atoms with van der Waals surface area (Å²) in [5.41, 5.74) is 1.28. The van der Waals surface area contributed by atoms with Gasteiger partial charge in [-0.1, -0.05) is 23.7 Å². The van der Waals surface area contributed by atoms with E-state index >= 15 is 0 Å². The molecular formula is C14H16ClN3O2S. The van der Waals surface area contributed by atoms with E-state index in [-0.39, 0.29) is 11.6 Å². The molecule has 1 heterocycles. The lowest BCUT2D eigenvalue weighted by Gasteiger charge is -2.18. The van der Waals surface area contributed by atoms with Crippen molar-refractivity contribution in [3.63, 3.8) is 0 Å². The number of benzene rings is 1. The molecule has 0 aliphatic carbocycles. The van der Waals surface area contributed by atoms with E-state index in [1.807, 2.05) is 6.07 Å². The summed E-state index contributed by atoms with van der Waals surface area (Å²) in [6.45, 7) is 0.225. The van der Waals surface area contributed by atoms with E-state index in [0.29, 0.717) is 10.7 Å². The summed E-state index contributed by atoms with van der Waals surface area (Å²) in [4.78, 5) is 3.98. The predicted molar refractivity (Wildman–Crippen MR) is 83.9 cm³/mol. The van der Waals surface area contributed by atoms with E-state index in [2.05, 4.69) is 10.3 Å². The number of pyridine rings is 1. The molecule has 0 aliphatic heterocycles. The van der Waals surface area contributed by atoms with Crippen molar-refractivity contribution in [3.05, 3.63) is 53.2 Å². The van der Waals surface area contributed by atoms with Crippen LogP contribution in [0.2, 0.25) is 5.02 Å². The average Bonchev–Trinajstić information content (AvgIpc) is 2.47. The zero-order valence-electron chi connectivity index (χ0n) is 11.7. The van der Waals surface area contributed by atoms with E-state index in [1.54, 1.807) is 37.4 Å². The fourth-order valence-electron chi connectivity index (χ4n) is 1.91. The first-order chi connectivity index (χ1) is 9.95. The van der Waals surface area contributed by atoms with E-state index < -0.39 is 10.0 Å². The van der Waals surface area contributed by atoms with Crippen LogP contribution < -0.4 is 5.32 Å². The van der Waals surface area contributed by atoms with Crippen molar-refractivity contribution in [1.29, 1.82) is 0 Å². The predicted octanol–water partition coefficient (Wildman–Crippen LogP) is 2.60. The second kappa shape index (κ2) is 6.43. The van der Waals surface area contributed by atoms with Gasteiger partial charge in [-0.05, 0) is 29.8 Å². The van der Waals surface area contributed by atoms with Crippen LogP contribution in [-0.2, 0) is 16.6 Å². The van der Waals surface area contributed by atoms with Gasteiger partial charge >= 0.3 is 0 Å². The largest absolute Gasteiger partial charge is 0.386 e. The highest BCUT2D eigenvalue weighted by Gasteiger charge is 2.25. The molecule has 0 amide bonds. The molecule has 1 aromatic carbocycles. The lowest BCUT2D eigenvalue weighted by molar-refractivity contribution is 0.464. The number of sulfonamides is 1. The molecule has 0 spiro atoms. The third-order valence-electron chi connectivity index (χ3n) is 2.99. The zero-order valence-corrected chi connectivity index (χ0v) is 13.3. The number of nitrogens with zero attached hydrogens (tertiary/aromatic N) is 2. The van der Waals surface area contributed by atoms with Gasteiger partial charge in [0, 0.05) is 31.9 Å². The molecule has 0 unspecified atom stereocenters. The third-order valence-corrected chi connectivity index (χ3v) is 4.99. The van der Waals surface area contributed by atoms with Gasteiger partial charge < -0.3 is 5.32 Å². The van der Waals surface area contributed by atoms with E-state index in [1.165, 1.54) is 17.5 Å². The molecule has 0 atom stereocenters. The summed E-state index contributed by atoms with van der Waals surface area (Å²) < 4.78 is 26.4. The lowest BCUT2D eigenvalue weighted by Crippen LogP contribution is -2.28. The Kier molecular flexibility index (Phi) is 4.82. The van der Waals surface area contributed by atoms with Crippen molar-refractivity contribution in [2.75, 3.05) is 19.4 Å². The minimum absolute atomic E-state index is 0.0111. The Balaban J connectivity index is 2.31. The maximum Gasteiger partial charge on any atom is 0.262 e. The summed E-state index contributed by atoms with van der Waals surface area (Å²) >= 11 is 5.92. The summed E-state index contributed by atoms with van der Waals surface area (Å²) in [7, 11) is -0.498. The topological polar surface area (TPSA) is 62.3 Å². The summed E-state index contributed by atoms with van der Waals surface area (Å²) in [6, 6.07) is 10.5. The maximum atomic E-state index is 12.6. The van der Waals surface area contributed by atoms with Crippen LogP contribution in [0.15, 0.2) is 47.6 Å². The van der Waals surface area contributed by atoms with Crippen molar-refractivity contribution in [2.45, 2.75) is 11.6 Å². The Labute approximate surface area is 129 Å². The van der Waals surface area contributed by atoms with Crippen LogP contribution in [-0.4, -0.2) is 31.8 Å². The highest BCUT2D eigenvalue weighted by molar-refractivity contribution is 7.89. The normalized spacial score (nSPS) is 11.6. The van der Waals surface area contributed by atoms with Crippen LogP contribution in [0.4, 0.5) is 5.69 Å². The minimum atomic E-state index is -3.68. The van der Waals surface area contributed by atoms with Crippen molar-refractivity contribution in [1.82, 2.24) is 9.29 Å². The van der Waals surface area contributed by atoms with Crippen LogP contribution >= 0.6 is 11.6 Å². The standard InChI is InChI=1S/C14H16ClN3O2S/c1-16-13-7-4-8-17-14(13)21(19,20)18(2)10-11-5-3-6-12(15)9-11/h3-9,16H,10H2,1-2H3. The first-order valence-corrected chi connectivity index (χ1v) is 8.10. The van der Waals surface area contributed by atoms with E-state index in [4.69, 9.17) is 11.6 Å². The summed E-state index contributed by atoms with van der Waals surface area (Å²) in [5.74, 6) is 0. The fraction of sp³-hybridized carbons (Fsp3) is 0.214. The molecule has 0 radical (unpaired) electrons. The van der Waals surface area contributed by atoms with Gasteiger partial charge in [0.1, 0.15) is 0 Å². The molecule has 5 nitrogen and oxygen atoms in total. The molecule has 0 saturated heterocycles. The molecular weight excluding hydrogens is 310 g/mol. The van der Waals surface area contributed by atoms with Gasteiger partial charge in [-0.25, -0.2) is 13.4 Å². The van der Waals surface area contributed by atoms with E-state index in [0.717, 1.165) is 5.56 Å². The van der Waals surface area contributed by atoms with Gasteiger partial charge in [-0.3, -0.25) is 0 Å². The number of anilines is 1. The molecule has 0 aliphatic rings. The van der Waals surface area contributed by atoms with Crippen LogP contribution in [0.25, 0.3) is 0 Å². The molecule has 0 saturated carbocycles. The van der Waals surface area contributed by atoms with Gasteiger partial charge in [0.05, 0.1) is 5.69 Å². The molecule has 0 bridgehead atoms. The third kappa shape index (κ3) is 3.53. The lowest BCUT2D eigenvalue weighted by atomic mass is 10.2. The SMILES string of the molecule is CNc1cccnc1S(=O)(=O)N(C)Cc1cccc(Cl)c1. The second-order valence-corrected chi connectivity index (χ2v) is 6.89. The molecule has 7 heteroatoms. The van der Waals surface area contributed by atoms with Gasteiger partial charge in [-0.15, -0.1) is 0 Å². The van der Waals surface area contributed by atoms with Gasteiger partial charge in [-0.2, -0.15) is 4.31 Å². The smallest absolute Gasteiger partial charge is 0.262 e. The van der Waals surface area contributed by atoms with Crippen LogP contribution in [0.1, 0.15) is 5.56 Å². The van der Waals surface area contributed by atoms with Crippen molar-refractivity contribution < 1.29 is 8.42 Å². The Morgan fingerprint density at radius 3 is 2.71 bits per heavy atom.